The number of halogens is 4. The number of nitrogens with zero attached hydrogens (tertiary/aromatic N) is 3. The first kappa shape index (κ1) is 113. The summed E-state index contributed by atoms with van der Waals surface area (Å²) in [4.78, 5) is 243. The van der Waals surface area contributed by atoms with E-state index in [1.165, 1.54) is 9.80 Å². The fourth-order valence-corrected chi connectivity index (χ4v) is 24.0. The van der Waals surface area contributed by atoms with Crippen molar-refractivity contribution in [2.45, 2.75) is 322 Å². The number of nitrogens with one attached hydrogen (secondary N) is 9. The highest BCUT2D eigenvalue weighted by molar-refractivity contribution is 6.51. The summed E-state index contributed by atoms with van der Waals surface area (Å²) in [7, 11) is 0. The molecular weight excluding hydrogens is 1940 g/mol. The van der Waals surface area contributed by atoms with Crippen LogP contribution in [0.25, 0.3) is 0 Å². The van der Waals surface area contributed by atoms with Gasteiger partial charge in [0.2, 0.25) is 52.8 Å². The summed E-state index contributed by atoms with van der Waals surface area (Å²) in [6.45, 7) is 29.8. The zero-order valence-corrected chi connectivity index (χ0v) is 88.3. The Morgan fingerprint density at radius 3 is 1.25 bits per heavy atom. The number of urea groups is 3. The third-order valence-corrected chi connectivity index (χ3v) is 33.7. The van der Waals surface area contributed by atoms with Crippen molar-refractivity contribution in [3.63, 3.8) is 0 Å². The topological polar surface area (TPSA) is 531 Å². The molecule has 12 fully saturated rings. The number of carbonyl (C=O) groups is 18. The molecule has 2 bridgehead atoms. The monoisotopic (exact) mass is 2090 g/mol. The predicted octanol–water partition coefficient (Wildman–Crippen LogP) is 9.28. The third-order valence-electron chi connectivity index (χ3n) is 32.6. The number of esters is 3. The van der Waals surface area contributed by atoms with Crippen LogP contribution in [0.4, 0.5) is 23.2 Å². The Bertz CT molecular complexity index is 5490. The average Bonchev–Trinajstić information content (AvgIpc) is 1.53. The van der Waals surface area contributed by atoms with E-state index >= 15 is 0 Å². The number of Topliss-reactive ketones (excluding diaryl/α,β-unsaturated/α-hetero) is 3. The third kappa shape index (κ3) is 26.2. The Morgan fingerprint density at radius 1 is 0.449 bits per heavy atom. The fraction of sp³-hybridized carbons (Fsp3) is 0.664. The maximum absolute atomic E-state index is 14.7. The first-order valence-electron chi connectivity index (χ1n) is 51.7. The molecule has 0 aromatic heterocycles. The molecule has 36 nitrogen and oxygen atoms in total. The number of piperidine rings is 3. The first-order chi connectivity index (χ1) is 68.7. The van der Waals surface area contributed by atoms with Gasteiger partial charge in [-0.05, 0) is 168 Å². The van der Waals surface area contributed by atoms with Gasteiger partial charge in [0.15, 0.2) is 0 Å². The van der Waals surface area contributed by atoms with Crippen LogP contribution >= 0.6 is 23.2 Å². The number of fused-ring (bicyclic) bond motifs is 5. The van der Waals surface area contributed by atoms with E-state index in [-0.39, 0.29) is 103 Å². The highest BCUT2D eigenvalue weighted by Crippen LogP contribution is 2.68. The lowest BCUT2D eigenvalue weighted by Gasteiger charge is -2.39. The minimum Gasteiger partial charge on any atom is -0.459 e. The smallest absolute Gasteiger partial charge is 0.332 e. The van der Waals surface area contributed by atoms with E-state index in [1.54, 1.807) is 100 Å². The summed E-state index contributed by atoms with van der Waals surface area (Å²) in [5.41, 5.74) is 14.1. The number of primary amides is 3. The molecule has 804 valence electrons. The Morgan fingerprint density at radius 2 is 0.850 bits per heavy atom. The van der Waals surface area contributed by atoms with Gasteiger partial charge in [0, 0.05) is 43.8 Å². The molecule has 40 heteroatoms. The second-order valence-electron chi connectivity index (χ2n) is 47.7. The Kier molecular flexibility index (Phi) is 34.0. The standard InChI is InChI=1S/C39H53N5O7.C34H47Cl2N5O7.C34H47F2N5O7/c1-38(2)27-20-44(31(29(27)38)34(47)41-28(18-22-13-14-22)32(45)33(40)46)35(48)30(25-11-7-4-8-12-25)42-37(50)43-39(19-24-15-16-26(39)17-24)36(49)51-21-23-9-5-3-6-10-23;1-17(19-11-9-8-10-12-19)48-30(46)26(33(5,6)7)40-31(47)39-25(32(2,3)4)29(45)41-16-20-22(34(20,35)36)23(41)28(44)38-21(15-18-13-14-18)24(42)27(37)43;1-17(2)23(30(46)48-16-18-11-9-8-10-12-18)39-31(47)40-26(32(3,4)5)29(45)41-15-20-22(33(20,6)7)24(41)28(44)38-21(25(42)27(37)43)13-19-14-34(19,35)36/h3,5-6,9-10,22,24-31H,4,7-8,11-21H2,1-2H3,(H2,40,46)(H,41,47)(H2,42,43,50);8-12,17-18,20-23,25-26H,13-16H2,1-7H3,(H2,37,43)(H,38,44)(H2,39,40,47);8-12,17,19-24,26H,13-16H2,1-7H3,(H2,37,43)(H,38,44)(H2,39,40,47)/t24?,26?,27-,28?,29-,30-,31-,39?;17-,20-,21?,22-,23-,25+,26+;19?,20-,21?,22-,23-,24-,26+/m000/s1. The lowest BCUT2D eigenvalue weighted by Crippen LogP contribution is -2.64. The number of ketones is 3. The summed E-state index contributed by atoms with van der Waals surface area (Å²) < 4.78 is 43.2. The van der Waals surface area contributed by atoms with Crippen molar-refractivity contribution in [2.75, 3.05) is 19.6 Å². The van der Waals surface area contributed by atoms with Gasteiger partial charge in [-0.25, -0.2) is 37.5 Å². The van der Waals surface area contributed by atoms with Crippen LogP contribution in [0.3, 0.4) is 0 Å². The van der Waals surface area contributed by atoms with Crippen LogP contribution in [0, 0.1) is 104 Å². The number of carbonyl (C=O) groups excluding carboxylic acids is 18. The summed E-state index contributed by atoms with van der Waals surface area (Å²) >= 11 is 13.0. The summed E-state index contributed by atoms with van der Waals surface area (Å²) in [6, 6.07) is 13.4. The SMILES string of the molecule is CC(C)[C@H](NC(=O)N[C@H](C(=O)N1C[C@H]2[C@@H]([C@H]1C(=O)NC(CC1CC1(F)F)C(=O)C(N)=O)C2(C)C)C(C)(C)C)C(=O)OCc1ccccc1.CC1(C)[C@@H]2[C@@H](C(=O)NC(CC3CC3)C(=O)C(N)=O)N(C(=O)[C@@H](NC(=O)NC3(C(=O)OCc4ccccc4)CC4CCC3C4)C3CCCCC3)C[C@@H]21.C[C@H](OC(=O)[C@@H](NC(=O)N[C@H](C(=O)N1C[C@H]2[C@@H]([C@H]1C(=O)NC(CC1CC1)C(=O)C(N)=O)C2(Cl)Cl)C(C)(C)C)C(C)(C)C)c1ccccc1. The number of ether oxygens (including phenoxy) is 3. The normalized spacial score (nSPS) is 27.0. The van der Waals surface area contributed by atoms with E-state index in [0.717, 1.165) is 93.7 Å². The Hall–Kier alpha value is -11.4. The quantitative estimate of drug-likeness (QED) is 0.0110. The molecule has 15 rings (SSSR count). The van der Waals surface area contributed by atoms with E-state index in [9.17, 15) is 95.1 Å². The number of nitrogens with two attached hydrogens (primary N) is 3. The number of alkyl halides is 4. The predicted molar refractivity (Wildman–Crippen MR) is 536 cm³/mol. The van der Waals surface area contributed by atoms with Crippen molar-refractivity contribution in [3.8, 4) is 0 Å². The van der Waals surface area contributed by atoms with Gasteiger partial charge in [0.25, 0.3) is 23.6 Å². The zero-order chi connectivity index (χ0) is 108. The minimum atomic E-state index is -3.00. The van der Waals surface area contributed by atoms with Gasteiger partial charge in [-0.15, -0.1) is 23.2 Å². The highest BCUT2D eigenvalue weighted by Gasteiger charge is 2.75. The molecule has 3 aromatic carbocycles. The summed E-state index contributed by atoms with van der Waals surface area (Å²) in [5.74, 6) is -17.1. The van der Waals surface area contributed by atoms with E-state index < -0.39 is 236 Å². The van der Waals surface area contributed by atoms with Crippen LogP contribution < -0.4 is 65.1 Å². The second-order valence-corrected chi connectivity index (χ2v) is 49.1. The van der Waals surface area contributed by atoms with Crippen molar-refractivity contribution in [1.82, 2.24) is 62.6 Å². The molecule has 3 heterocycles. The molecule has 22 atom stereocenters. The number of benzene rings is 3. The van der Waals surface area contributed by atoms with Crippen LogP contribution in [-0.4, -0.2) is 223 Å². The molecule has 7 unspecified atom stereocenters. The van der Waals surface area contributed by atoms with Crippen LogP contribution in [0.2, 0.25) is 0 Å². The number of likely N-dealkylation sites (tertiary alicyclic amines) is 3. The molecule has 9 saturated carbocycles. The first-order valence-corrected chi connectivity index (χ1v) is 52.4. The molecule has 3 saturated heterocycles. The second kappa shape index (κ2) is 44.4. The lowest BCUT2D eigenvalue weighted by molar-refractivity contribution is -0.155. The molecule has 147 heavy (non-hydrogen) atoms. The van der Waals surface area contributed by atoms with Crippen molar-refractivity contribution < 1.29 is 109 Å². The van der Waals surface area contributed by atoms with E-state index in [0.29, 0.717) is 25.3 Å². The van der Waals surface area contributed by atoms with Gasteiger partial charge in [-0.3, -0.25) is 57.5 Å². The molecule has 9 aliphatic carbocycles. The van der Waals surface area contributed by atoms with Crippen LogP contribution in [0.1, 0.15) is 243 Å². The van der Waals surface area contributed by atoms with Gasteiger partial charge in [0.1, 0.15) is 77.5 Å². The number of hydrogen-bond acceptors (Lipinski definition) is 21. The van der Waals surface area contributed by atoms with Gasteiger partial charge in [-0.1, -0.05) is 240 Å². The molecule has 0 radical (unpaired) electrons. The van der Waals surface area contributed by atoms with Gasteiger partial charge >= 0.3 is 36.0 Å². The van der Waals surface area contributed by atoms with Gasteiger partial charge < -0.3 is 94.0 Å². The lowest BCUT2D eigenvalue weighted by atomic mass is 9.80. The van der Waals surface area contributed by atoms with E-state index in [1.807, 2.05) is 92.7 Å². The number of rotatable bonds is 38. The van der Waals surface area contributed by atoms with E-state index in [4.69, 9.17) is 54.6 Å². The summed E-state index contributed by atoms with van der Waals surface area (Å²) in [6.07, 6.45) is 10.3. The Labute approximate surface area is 866 Å². The zero-order valence-electron chi connectivity index (χ0n) is 86.8. The average molecular weight is 2090 g/mol. The highest BCUT2D eigenvalue weighted by atomic mass is 35.5. The molecule has 15 amide bonds. The van der Waals surface area contributed by atoms with E-state index in [2.05, 4.69) is 61.7 Å². The van der Waals surface area contributed by atoms with Gasteiger partial charge in [-0.2, -0.15) is 0 Å². The van der Waals surface area contributed by atoms with Crippen molar-refractivity contribution in [2.24, 2.45) is 121 Å². The van der Waals surface area contributed by atoms with Crippen LogP contribution in [-0.2, 0) is 99.3 Å². The van der Waals surface area contributed by atoms with Crippen molar-refractivity contribution >= 4 is 130 Å². The molecular formula is C107H147Cl2F2N15O21. The maximum Gasteiger partial charge on any atom is 0.332 e. The molecule has 3 aromatic rings. The van der Waals surface area contributed by atoms with Crippen LogP contribution in [0.15, 0.2) is 91.0 Å². The maximum atomic E-state index is 14.7. The molecule has 15 N–H and O–H groups in total. The molecule has 12 aliphatic rings. The van der Waals surface area contributed by atoms with Crippen molar-refractivity contribution in [3.05, 3.63) is 108 Å². The molecule has 3 aliphatic heterocycles. The number of hydrogen-bond donors (Lipinski definition) is 12. The van der Waals surface area contributed by atoms with Gasteiger partial charge in [0.05, 0.1) is 18.1 Å². The van der Waals surface area contributed by atoms with Crippen molar-refractivity contribution in [1.29, 1.82) is 0 Å². The fourth-order valence-electron chi connectivity index (χ4n) is 23.2. The Balaban J connectivity index is 0.000000184. The largest absolute Gasteiger partial charge is 0.459 e. The summed E-state index contributed by atoms with van der Waals surface area (Å²) in [5, 5.41) is 24.8. The number of amides is 15. The van der Waals surface area contributed by atoms with Crippen LogP contribution in [0.5, 0.6) is 0 Å². The molecule has 0 spiro atoms. The minimum absolute atomic E-state index is 0.0152.